The number of carbonyl (C=O) groups excluding carboxylic acids is 1. The van der Waals surface area contributed by atoms with Gasteiger partial charge in [-0.2, -0.15) is 5.26 Å². The quantitative estimate of drug-likeness (QED) is 0.799. The molecule has 2 N–H and O–H groups in total. The first kappa shape index (κ1) is 19.2. The molecule has 2 aliphatic heterocycles. The average molecular weight is 385 g/mol. The summed E-state index contributed by atoms with van der Waals surface area (Å²) in [6.45, 7) is 3.68. The summed E-state index contributed by atoms with van der Waals surface area (Å²) in [5, 5.41) is 15.6. The van der Waals surface area contributed by atoms with E-state index in [0.717, 1.165) is 51.1 Å². The summed E-state index contributed by atoms with van der Waals surface area (Å²) < 4.78 is 14.7. The van der Waals surface area contributed by atoms with Crippen LogP contribution in [-0.4, -0.2) is 62.2 Å². The Morgan fingerprint density at radius 1 is 1.36 bits per heavy atom. The Balaban J connectivity index is 1.37. The highest BCUT2D eigenvalue weighted by atomic mass is 19.1. The number of nitrogens with zero attached hydrogens (tertiary/aromatic N) is 3. The number of fused-ring (bicyclic) bond motifs is 2. The number of benzene rings is 1. The summed E-state index contributed by atoms with van der Waals surface area (Å²) in [6, 6.07) is 6.82. The zero-order valence-electron chi connectivity index (χ0n) is 16.3. The van der Waals surface area contributed by atoms with E-state index in [-0.39, 0.29) is 24.2 Å². The molecule has 1 amide bonds. The van der Waals surface area contributed by atoms with Gasteiger partial charge in [-0.05, 0) is 49.9 Å². The minimum absolute atomic E-state index is 0.131. The molecule has 7 heteroatoms. The number of nitriles is 1. The van der Waals surface area contributed by atoms with Crippen LogP contribution in [0.5, 0.6) is 0 Å². The molecule has 1 aromatic carbocycles. The van der Waals surface area contributed by atoms with Crippen LogP contribution in [0.15, 0.2) is 18.2 Å². The molecule has 3 aliphatic rings. The van der Waals surface area contributed by atoms with Crippen LogP contribution in [0.4, 0.5) is 10.1 Å². The van der Waals surface area contributed by atoms with Gasteiger partial charge in [0.15, 0.2) is 0 Å². The van der Waals surface area contributed by atoms with Crippen molar-refractivity contribution in [3.8, 4) is 6.07 Å². The van der Waals surface area contributed by atoms with Gasteiger partial charge in [0, 0.05) is 44.3 Å². The van der Waals surface area contributed by atoms with E-state index in [4.69, 9.17) is 0 Å². The summed E-state index contributed by atoms with van der Waals surface area (Å²) in [5.41, 5.74) is 1.34. The van der Waals surface area contributed by atoms with Crippen LogP contribution in [-0.2, 0) is 11.2 Å². The number of hydrogen-bond donors (Lipinski definition) is 2. The zero-order valence-corrected chi connectivity index (χ0v) is 16.3. The number of rotatable bonds is 5. The number of nitrogens with one attached hydrogen (secondary N) is 2. The van der Waals surface area contributed by atoms with Gasteiger partial charge < -0.3 is 20.4 Å². The molecule has 0 spiro atoms. The largest absolute Gasteiger partial charge is 0.369 e. The van der Waals surface area contributed by atoms with Gasteiger partial charge in [0.1, 0.15) is 11.9 Å². The molecular weight excluding hydrogens is 357 g/mol. The molecule has 1 aliphatic carbocycles. The predicted octanol–water partition coefficient (Wildman–Crippen LogP) is 1.27. The molecule has 150 valence electrons. The third kappa shape index (κ3) is 3.98. The van der Waals surface area contributed by atoms with Crippen LogP contribution in [0, 0.1) is 23.1 Å². The highest BCUT2D eigenvalue weighted by Crippen LogP contribution is 2.35. The maximum absolute atomic E-state index is 14.7. The van der Waals surface area contributed by atoms with Crippen LogP contribution in [0.3, 0.4) is 0 Å². The monoisotopic (exact) mass is 385 g/mol. The number of hydrogen-bond acceptors (Lipinski definition) is 5. The number of piperidine rings is 1. The Kier molecular flexibility index (Phi) is 5.51. The van der Waals surface area contributed by atoms with E-state index in [2.05, 4.69) is 33.6 Å². The van der Waals surface area contributed by atoms with Crippen molar-refractivity contribution in [3.63, 3.8) is 0 Å². The second-order valence-corrected chi connectivity index (χ2v) is 8.37. The number of anilines is 1. The normalized spacial score (nSPS) is 28.2. The van der Waals surface area contributed by atoms with Crippen LogP contribution < -0.4 is 15.5 Å². The highest BCUT2D eigenvalue weighted by molar-refractivity contribution is 5.83. The van der Waals surface area contributed by atoms with E-state index in [1.165, 1.54) is 0 Å². The molecule has 4 rings (SSSR count). The summed E-state index contributed by atoms with van der Waals surface area (Å²) in [4.78, 5) is 17.0. The number of carbonyl (C=O) groups is 1. The Bertz CT molecular complexity index is 771. The van der Waals surface area contributed by atoms with Crippen molar-refractivity contribution in [2.75, 3.05) is 38.1 Å². The second-order valence-electron chi connectivity index (χ2n) is 8.37. The van der Waals surface area contributed by atoms with Gasteiger partial charge in [0.2, 0.25) is 5.91 Å². The molecule has 6 nitrogen and oxygen atoms in total. The Morgan fingerprint density at radius 2 is 2.14 bits per heavy atom. The van der Waals surface area contributed by atoms with Crippen molar-refractivity contribution in [1.29, 1.82) is 5.26 Å². The summed E-state index contributed by atoms with van der Waals surface area (Å²) in [6.07, 6.45) is 3.41. The van der Waals surface area contributed by atoms with Crippen LogP contribution >= 0.6 is 0 Å². The van der Waals surface area contributed by atoms with Crippen molar-refractivity contribution in [1.82, 2.24) is 15.5 Å². The first-order chi connectivity index (χ1) is 13.5. The second kappa shape index (κ2) is 8.06. The first-order valence-corrected chi connectivity index (χ1v) is 10.2. The molecule has 2 bridgehead atoms. The molecular formula is C21H28FN5O. The molecule has 0 aromatic heterocycles. The SMILES string of the molecule is CN1CCN(c2ccc(CC(C#N)NC(=O)C3NC4CCC3C4)c(F)c2)CC1. The van der Waals surface area contributed by atoms with Crippen LogP contribution in [0.1, 0.15) is 24.8 Å². The Morgan fingerprint density at radius 3 is 2.75 bits per heavy atom. The van der Waals surface area contributed by atoms with Gasteiger partial charge in [-0.15, -0.1) is 0 Å². The van der Waals surface area contributed by atoms with Crippen molar-refractivity contribution < 1.29 is 9.18 Å². The first-order valence-electron chi connectivity index (χ1n) is 10.2. The van der Waals surface area contributed by atoms with Gasteiger partial charge in [-0.25, -0.2) is 4.39 Å². The summed E-state index contributed by atoms with van der Waals surface area (Å²) in [5.74, 6) is -0.0823. The number of likely N-dealkylation sites (N-methyl/N-ethyl adjacent to an activating group) is 1. The Labute approximate surface area is 165 Å². The van der Waals surface area contributed by atoms with Crippen LogP contribution in [0.2, 0.25) is 0 Å². The molecule has 28 heavy (non-hydrogen) atoms. The Hall–Kier alpha value is -2.17. The molecule has 2 saturated heterocycles. The molecule has 4 unspecified atom stereocenters. The van der Waals surface area contributed by atoms with Crippen molar-refractivity contribution in [2.45, 2.75) is 43.8 Å². The zero-order chi connectivity index (χ0) is 19.7. The molecule has 2 heterocycles. The van der Waals surface area contributed by atoms with E-state index in [9.17, 15) is 14.4 Å². The number of amides is 1. The fraction of sp³-hybridized carbons (Fsp3) is 0.619. The van der Waals surface area contributed by atoms with Gasteiger partial charge in [0.25, 0.3) is 0 Å². The van der Waals surface area contributed by atoms with Gasteiger partial charge >= 0.3 is 0 Å². The number of piperazine rings is 1. The van der Waals surface area contributed by atoms with Crippen molar-refractivity contribution >= 4 is 11.6 Å². The average Bonchev–Trinajstić information content (AvgIpc) is 3.33. The van der Waals surface area contributed by atoms with E-state index in [1.54, 1.807) is 12.1 Å². The minimum Gasteiger partial charge on any atom is -0.369 e. The standard InChI is InChI=1S/C21H28FN5O/c1-26-6-8-27(9-7-26)18-5-3-14(19(22)12-18)10-17(13-23)25-21(28)20-15-2-4-16(11-15)24-20/h3,5,12,15-17,20,24H,2,4,6-11H2,1H3,(H,25,28). The molecule has 3 fully saturated rings. The lowest BCUT2D eigenvalue weighted by Gasteiger charge is -2.34. The summed E-state index contributed by atoms with van der Waals surface area (Å²) >= 11 is 0. The minimum atomic E-state index is -0.725. The maximum atomic E-state index is 14.7. The fourth-order valence-corrected chi connectivity index (χ4v) is 4.72. The maximum Gasteiger partial charge on any atom is 0.238 e. The topological polar surface area (TPSA) is 71.4 Å². The third-order valence-electron chi connectivity index (χ3n) is 6.44. The smallest absolute Gasteiger partial charge is 0.238 e. The molecule has 4 atom stereocenters. The molecule has 0 radical (unpaired) electrons. The number of halogens is 1. The fourth-order valence-electron chi connectivity index (χ4n) is 4.72. The van der Waals surface area contributed by atoms with Gasteiger partial charge in [-0.3, -0.25) is 4.79 Å². The highest BCUT2D eigenvalue weighted by Gasteiger charge is 2.43. The third-order valence-corrected chi connectivity index (χ3v) is 6.44. The molecule has 1 aromatic rings. The molecule has 1 saturated carbocycles. The lowest BCUT2D eigenvalue weighted by Crippen LogP contribution is -2.50. The summed E-state index contributed by atoms with van der Waals surface area (Å²) in [7, 11) is 2.09. The van der Waals surface area contributed by atoms with E-state index >= 15 is 0 Å². The van der Waals surface area contributed by atoms with Gasteiger partial charge in [-0.1, -0.05) is 6.07 Å². The lowest BCUT2D eigenvalue weighted by molar-refractivity contribution is -0.124. The van der Waals surface area contributed by atoms with Crippen molar-refractivity contribution in [2.24, 2.45) is 5.92 Å². The van der Waals surface area contributed by atoms with Crippen LogP contribution in [0.25, 0.3) is 0 Å². The van der Waals surface area contributed by atoms with Gasteiger partial charge in [0.05, 0.1) is 12.1 Å². The van der Waals surface area contributed by atoms with E-state index in [1.807, 2.05) is 6.07 Å². The van der Waals surface area contributed by atoms with E-state index in [0.29, 0.717) is 17.5 Å². The predicted molar refractivity (Wildman–Crippen MR) is 105 cm³/mol. The lowest BCUT2D eigenvalue weighted by atomic mass is 9.98. The van der Waals surface area contributed by atoms with E-state index < -0.39 is 6.04 Å². The van der Waals surface area contributed by atoms with Crippen molar-refractivity contribution in [3.05, 3.63) is 29.6 Å².